The van der Waals surface area contributed by atoms with Crippen molar-refractivity contribution in [1.29, 1.82) is 0 Å². The lowest BCUT2D eigenvalue weighted by Crippen LogP contribution is -2.44. The Kier molecular flexibility index (Phi) is 5.10. The Balaban J connectivity index is 2.04. The maximum atomic E-state index is 13.9. The third-order valence-electron chi connectivity index (χ3n) is 5.93. The van der Waals surface area contributed by atoms with E-state index in [0.29, 0.717) is 41.8 Å². The van der Waals surface area contributed by atoms with Crippen LogP contribution in [0.1, 0.15) is 47.2 Å². The summed E-state index contributed by atoms with van der Waals surface area (Å²) < 4.78 is 22.2. The second-order valence-electron chi connectivity index (χ2n) is 8.86. The van der Waals surface area contributed by atoms with Crippen molar-refractivity contribution in [2.24, 2.45) is 0 Å². The number of hydrogen-bond donors (Lipinski definition) is 1. The van der Waals surface area contributed by atoms with Gasteiger partial charge in [0.05, 0.1) is 17.4 Å². The summed E-state index contributed by atoms with van der Waals surface area (Å²) in [4.78, 5) is 23.2. The largest absolute Gasteiger partial charge is 0.478 e. The Morgan fingerprint density at radius 2 is 2.00 bits per heavy atom. The molecule has 1 N–H and O–H groups in total. The van der Waals surface area contributed by atoms with Gasteiger partial charge in [-0.3, -0.25) is 4.79 Å². The summed E-state index contributed by atoms with van der Waals surface area (Å²) in [5.41, 5.74) is 2.10. The molecule has 0 aliphatic carbocycles. The minimum absolute atomic E-state index is 0.0377. The molecule has 3 rings (SSSR count). The lowest BCUT2D eigenvalue weighted by molar-refractivity contribution is 0.0695. The normalized spacial score (nSPS) is 16.9. The van der Waals surface area contributed by atoms with Crippen molar-refractivity contribution in [2.75, 3.05) is 0 Å². The van der Waals surface area contributed by atoms with E-state index in [0.717, 1.165) is 0 Å². The number of carbonyl (C=O) groups is 2. The van der Waals surface area contributed by atoms with Gasteiger partial charge in [0.2, 0.25) is 0 Å². The third kappa shape index (κ3) is 3.56. The van der Waals surface area contributed by atoms with Gasteiger partial charge in [0.25, 0.3) is 0 Å². The molecule has 0 bridgehead atoms. The number of aromatic nitrogens is 1. The highest BCUT2D eigenvalue weighted by atomic mass is 28.4. The van der Waals surface area contributed by atoms with Crippen LogP contribution in [0.15, 0.2) is 24.3 Å². The number of nitrogens with zero attached hydrogens (tertiary/aromatic N) is 1. The van der Waals surface area contributed by atoms with E-state index in [1.165, 1.54) is 24.3 Å². The van der Waals surface area contributed by atoms with Gasteiger partial charge in [-0.25, -0.2) is 9.18 Å². The lowest BCUT2D eigenvalue weighted by Gasteiger charge is -2.38. The molecule has 1 atom stereocenters. The van der Waals surface area contributed by atoms with Crippen LogP contribution in [0.3, 0.4) is 0 Å². The van der Waals surface area contributed by atoms with E-state index in [1.807, 2.05) is 4.57 Å². The average molecular weight is 404 g/mol. The van der Waals surface area contributed by atoms with Crippen molar-refractivity contribution >= 4 is 20.6 Å². The van der Waals surface area contributed by atoms with Crippen LogP contribution >= 0.6 is 0 Å². The number of carboxylic acids is 1. The summed E-state index contributed by atoms with van der Waals surface area (Å²) in [7, 11) is -2.03. The van der Waals surface area contributed by atoms with Crippen LogP contribution < -0.4 is 0 Å². The van der Waals surface area contributed by atoms with Gasteiger partial charge < -0.3 is 14.1 Å². The fourth-order valence-electron chi connectivity index (χ4n) is 3.44. The highest BCUT2D eigenvalue weighted by molar-refractivity contribution is 6.74. The number of hydrogen-bond acceptors (Lipinski definition) is 3. The molecule has 2 aromatic rings. The lowest BCUT2D eigenvalue weighted by atomic mass is 10.0. The van der Waals surface area contributed by atoms with Crippen LogP contribution in [-0.4, -0.2) is 36.4 Å². The topological polar surface area (TPSA) is 68.5 Å². The molecule has 2 heterocycles. The van der Waals surface area contributed by atoms with Crippen LogP contribution in [0.25, 0.3) is 11.3 Å². The Bertz CT molecular complexity index is 943. The molecule has 1 aromatic carbocycles. The van der Waals surface area contributed by atoms with Crippen molar-refractivity contribution in [2.45, 2.75) is 58.0 Å². The van der Waals surface area contributed by atoms with Gasteiger partial charge in [0, 0.05) is 29.8 Å². The van der Waals surface area contributed by atoms with E-state index >= 15 is 0 Å². The van der Waals surface area contributed by atoms with E-state index in [1.54, 1.807) is 0 Å². The van der Waals surface area contributed by atoms with Gasteiger partial charge >= 0.3 is 5.97 Å². The smallest absolute Gasteiger partial charge is 0.337 e. The van der Waals surface area contributed by atoms with Crippen molar-refractivity contribution in [3.05, 3.63) is 46.9 Å². The van der Waals surface area contributed by atoms with E-state index in [2.05, 4.69) is 33.9 Å². The minimum Gasteiger partial charge on any atom is -0.478 e. The molecule has 0 radical (unpaired) electrons. The molecule has 1 aliphatic heterocycles. The van der Waals surface area contributed by atoms with Crippen LogP contribution in [0.5, 0.6) is 0 Å². The number of aromatic carboxylic acids is 1. The van der Waals surface area contributed by atoms with Gasteiger partial charge in [0.1, 0.15) is 5.82 Å². The van der Waals surface area contributed by atoms with Crippen LogP contribution in [0, 0.1) is 5.82 Å². The Labute approximate surface area is 165 Å². The molecule has 0 amide bonds. The van der Waals surface area contributed by atoms with Gasteiger partial charge in [-0.1, -0.05) is 20.8 Å². The molecule has 1 aromatic heterocycles. The van der Waals surface area contributed by atoms with Gasteiger partial charge in [-0.05, 0) is 42.4 Å². The number of aldehydes is 1. The molecule has 7 heteroatoms. The Hall–Kier alpha value is -2.25. The first-order valence-corrected chi connectivity index (χ1v) is 12.2. The third-order valence-corrected chi connectivity index (χ3v) is 10.5. The maximum absolute atomic E-state index is 13.9. The molecule has 1 aliphatic rings. The fraction of sp³-hybridized carbons (Fsp3) is 0.429. The quantitative estimate of drug-likeness (QED) is 0.578. The molecular weight excluding hydrogens is 377 g/mol. The zero-order valence-corrected chi connectivity index (χ0v) is 17.9. The number of halogens is 1. The molecule has 5 nitrogen and oxygen atoms in total. The first kappa shape index (κ1) is 20.5. The summed E-state index contributed by atoms with van der Waals surface area (Å²) in [5.74, 6) is -1.51. The van der Waals surface area contributed by atoms with E-state index in [4.69, 9.17) is 4.43 Å². The summed E-state index contributed by atoms with van der Waals surface area (Å²) in [6, 6.07) is 5.45. The standard InChI is InChI=1S/C21H26FNO4Si/c1-21(2,3)28(4,5)27-15-9-18-17(20(25)26)10-19(23(18)11-15)16-8-14(22)7-6-13(16)12-24/h6-8,10,12,15H,9,11H2,1-5H3,(H,25,26)/t15-/m1/s1. The molecule has 0 saturated carbocycles. The number of rotatable bonds is 5. The molecule has 0 unspecified atom stereocenters. The summed E-state index contributed by atoms with van der Waals surface area (Å²) >= 11 is 0. The van der Waals surface area contributed by atoms with Crippen molar-refractivity contribution in [3.63, 3.8) is 0 Å². The summed E-state index contributed by atoms with van der Waals surface area (Å²) in [5, 5.41) is 9.69. The van der Waals surface area contributed by atoms with E-state index in [-0.39, 0.29) is 16.7 Å². The van der Waals surface area contributed by atoms with Crippen molar-refractivity contribution in [3.8, 4) is 11.3 Å². The highest BCUT2D eigenvalue weighted by Gasteiger charge is 2.41. The molecule has 28 heavy (non-hydrogen) atoms. The van der Waals surface area contributed by atoms with Crippen molar-refractivity contribution < 1.29 is 23.5 Å². The average Bonchev–Trinajstić information content (AvgIpc) is 3.11. The zero-order valence-electron chi connectivity index (χ0n) is 16.9. The monoisotopic (exact) mass is 403 g/mol. The number of carbonyl (C=O) groups excluding carboxylic acids is 1. The molecule has 0 saturated heterocycles. The van der Waals surface area contributed by atoms with Crippen molar-refractivity contribution in [1.82, 2.24) is 4.57 Å². The SMILES string of the molecule is CC(C)(C)[Si](C)(C)O[C@@H]1Cc2c(C(=O)O)cc(-c3cc(F)ccc3C=O)n2C1. The molecular formula is C21H26FNO4Si. The first-order chi connectivity index (χ1) is 12.9. The fourth-order valence-corrected chi connectivity index (χ4v) is 4.78. The van der Waals surface area contributed by atoms with Crippen LogP contribution in [0.2, 0.25) is 18.1 Å². The molecule has 150 valence electrons. The Morgan fingerprint density at radius 1 is 1.32 bits per heavy atom. The number of benzene rings is 1. The first-order valence-electron chi connectivity index (χ1n) is 9.33. The second-order valence-corrected chi connectivity index (χ2v) is 13.6. The number of fused-ring (bicyclic) bond motifs is 1. The summed E-state index contributed by atoms with van der Waals surface area (Å²) in [6.45, 7) is 11.3. The zero-order chi connectivity index (χ0) is 20.9. The van der Waals surface area contributed by atoms with Crippen LogP contribution in [-0.2, 0) is 17.4 Å². The van der Waals surface area contributed by atoms with Gasteiger partial charge in [-0.15, -0.1) is 0 Å². The maximum Gasteiger partial charge on any atom is 0.337 e. The Morgan fingerprint density at radius 3 is 2.57 bits per heavy atom. The molecule has 0 spiro atoms. The molecule has 0 fully saturated rings. The highest BCUT2D eigenvalue weighted by Crippen LogP contribution is 2.40. The van der Waals surface area contributed by atoms with E-state index in [9.17, 15) is 19.1 Å². The predicted molar refractivity (Wildman–Crippen MR) is 108 cm³/mol. The second kappa shape index (κ2) is 6.97. The minimum atomic E-state index is -2.03. The van der Waals surface area contributed by atoms with Gasteiger partial charge in [0.15, 0.2) is 14.6 Å². The van der Waals surface area contributed by atoms with E-state index < -0.39 is 20.1 Å². The van der Waals surface area contributed by atoms with Gasteiger partial charge in [-0.2, -0.15) is 0 Å². The summed E-state index contributed by atoms with van der Waals surface area (Å²) in [6.07, 6.45) is 1.01. The number of carboxylic acid groups (broad SMARTS) is 1. The predicted octanol–water partition coefficient (Wildman–Crippen LogP) is 4.75. The van der Waals surface area contributed by atoms with Crippen LogP contribution in [0.4, 0.5) is 4.39 Å².